The molecule has 0 atom stereocenters. The van der Waals surface area contributed by atoms with Crippen molar-refractivity contribution in [2.45, 2.75) is 24.2 Å². The fraction of sp³-hybridized carbons (Fsp3) is 0.375. The molecule has 3 rings (SSSR count). The molecule has 1 aromatic heterocycles. The number of nitrogens with one attached hydrogen (secondary N) is 1. The summed E-state index contributed by atoms with van der Waals surface area (Å²) in [5.74, 6) is -0.0995. The molecule has 0 spiro atoms. The summed E-state index contributed by atoms with van der Waals surface area (Å²) < 4.78 is 28.8. The number of hydrogen-bond donors (Lipinski definition) is 1. The van der Waals surface area contributed by atoms with Crippen molar-refractivity contribution in [3.8, 4) is 0 Å². The van der Waals surface area contributed by atoms with Gasteiger partial charge < -0.3 is 5.32 Å². The number of benzene rings is 1. The Kier molecular flexibility index (Phi) is 4.68. The van der Waals surface area contributed by atoms with Gasteiger partial charge in [-0.2, -0.15) is 9.40 Å². The molecule has 1 N–H and O–H groups in total. The number of anilines is 1. The van der Waals surface area contributed by atoms with Crippen LogP contribution in [0.3, 0.4) is 0 Å². The zero-order valence-electron chi connectivity index (χ0n) is 13.5. The topological polar surface area (TPSA) is 84.3 Å². The molecule has 24 heavy (non-hydrogen) atoms. The van der Waals surface area contributed by atoms with Crippen LogP contribution in [-0.4, -0.2) is 41.5 Å². The van der Waals surface area contributed by atoms with E-state index in [-0.39, 0.29) is 10.5 Å². The Bertz CT molecular complexity index is 839. The van der Waals surface area contributed by atoms with Gasteiger partial charge in [-0.1, -0.05) is 18.6 Å². The summed E-state index contributed by atoms with van der Waals surface area (Å²) in [6.45, 7) is 0.997. The number of amides is 1. The van der Waals surface area contributed by atoms with E-state index in [1.807, 2.05) is 0 Å². The number of carbonyl (C=O) groups excluding carboxylic acids is 1. The van der Waals surface area contributed by atoms with Crippen LogP contribution in [-0.2, 0) is 17.1 Å². The lowest BCUT2D eigenvalue weighted by Gasteiger charge is -2.26. The van der Waals surface area contributed by atoms with Gasteiger partial charge in [-0.25, -0.2) is 8.42 Å². The van der Waals surface area contributed by atoms with Crippen LogP contribution in [0.5, 0.6) is 0 Å². The smallest absolute Gasteiger partial charge is 0.258 e. The van der Waals surface area contributed by atoms with Gasteiger partial charge in [-0.05, 0) is 25.0 Å². The lowest BCUT2D eigenvalue weighted by Crippen LogP contribution is -2.36. The van der Waals surface area contributed by atoms with E-state index >= 15 is 0 Å². The summed E-state index contributed by atoms with van der Waals surface area (Å²) in [6, 6.07) is 7.95. The molecule has 2 aromatic rings. The number of sulfonamides is 1. The highest BCUT2D eigenvalue weighted by atomic mass is 32.2. The van der Waals surface area contributed by atoms with Crippen molar-refractivity contribution in [3.63, 3.8) is 0 Å². The third-order valence-electron chi connectivity index (χ3n) is 4.02. The zero-order valence-corrected chi connectivity index (χ0v) is 14.3. The van der Waals surface area contributed by atoms with Crippen LogP contribution < -0.4 is 5.32 Å². The Balaban J connectivity index is 1.91. The van der Waals surface area contributed by atoms with Crippen molar-refractivity contribution in [1.29, 1.82) is 0 Å². The molecule has 1 aliphatic heterocycles. The third kappa shape index (κ3) is 3.34. The molecule has 0 bridgehead atoms. The molecular weight excluding hydrogens is 328 g/mol. The van der Waals surface area contributed by atoms with E-state index < -0.39 is 15.9 Å². The second kappa shape index (κ2) is 6.74. The van der Waals surface area contributed by atoms with Gasteiger partial charge in [0.15, 0.2) is 5.82 Å². The Morgan fingerprint density at radius 2 is 1.83 bits per heavy atom. The summed E-state index contributed by atoms with van der Waals surface area (Å²) in [4.78, 5) is 12.6. The lowest BCUT2D eigenvalue weighted by atomic mass is 10.2. The van der Waals surface area contributed by atoms with Gasteiger partial charge in [0.05, 0.1) is 10.5 Å². The van der Waals surface area contributed by atoms with E-state index in [1.165, 1.54) is 16.4 Å². The number of nitrogens with zero attached hydrogens (tertiary/aromatic N) is 3. The van der Waals surface area contributed by atoms with Crippen molar-refractivity contribution in [2.24, 2.45) is 7.05 Å². The first kappa shape index (κ1) is 16.7. The number of carbonyl (C=O) groups is 1. The minimum absolute atomic E-state index is 0.0420. The standard InChI is InChI=1S/C16H20N4O3S/c1-19-12-9-15(18-19)17-16(21)13-7-3-4-8-14(13)24(22,23)20-10-5-2-6-11-20/h3-4,7-9,12H,2,5-6,10-11H2,1H3,(H,17,18,21). The van der Waals surface area contributed by atoms with Gasteiger partial charge in [-0.3, -0.25) is 9.48 Å². The minimum Gasteiger partial charge on any atom is -0.305 e. The van der Waals surface area contributed by atoms with Crippen molar-refractivity contribution < 1.29 is 13.2 Å². The van der Waals surface area contributed by atoms with E-state index in [1.54, 1.807) is 36.1 Å². The Hall–Kier alpha value is -2.19. The van der Waals surface area contributed by atoms with E-state index in [4.69, 9.17) is 0 Å². The first-order valence-corrected chi connectivity index (χ1v) is 9.33. The summed E-state index contributed by atoms with van der Waals surface area (Å²) in [5.41, 5.74) is 0.133. The lowest BCUT2D eigenvalue weighted by molar-refractivity contribution is 0.102. The predicted molar refractivity (Wildman–Crippen MR) is 90.2 cm³/mol. The van der Waals surface area contributed by atoms with Crippen LogP contribution in [0.15, 0.2) is 41.4 Å². The molecule has 8 heteroatoms. The fourth-order valence-electron chi connectivity index (χ4n) is 2.79. The zero-order chi connectivity index (χ0) is 17.2. The number of piperidine rings is 1. The Labute approximate surface area is 141 Å². The highest BCUT2D eigenvalue weighted by Gasteiger charge is 2.29. The largest absolute Gasteiger partial charge is 0.305 e. The summed E-state index contributed by atoms with van der Waals surface area (Å²) >= 11 is 0. The van der Waals surface area contributed by atoms with E-state index in [9.17, 15) is 13.2 Å². The monoisotopic (exact) mass is 348 g/mol. The maximum atomic E-state index is 12.9. The highest BCUT2D eigenvalue weighted by molar-refractivity contribution is 7.89. The molecule has 1 aliphatic rings. The van der Waals surface area contributed by atoms with Gasteiger partial charge >= 0.3 is 0 Å². The van der Waals surface area contributed by atoms with Crippen LogP contribution >= 0.6 is 0 Å². The molecule has 1 aromatic carbocycles. The van der Waals surface area contributed by atoms with Crippen molar-refractivity contribution in [3.05, 3.63) is 42.1 Å². The Morgan fingerprint density at radius 3 is 2.50 bits per heavy atom. The van der Waals surface area contributed by atoms with Crippen LogP contribution in [0.4, 0.5) is 5.82 Å². The normalized spacial score (nSPS) is 16.0. The average molecular weight is 348 g/mol. The molecule has 1 fully saturated rings. The summed E-state index contributed by atoms with van der Waals surface area (Å²) in [5, 5.41) is 6.72. The highest BCUT2D eigenvalue weighted by Crippen LogP contribution is 2.24. The van der Waals surface area contributed by atoms with Gasteiger partial charge in [0.25, 0.3) is 5.91 Å². The predicted octanol–water partition coefficient (Wildman–Crippen LogP) is 1.85. The molecule has 0 saturated carbocycles. The molecule has 0 unspecified atom stereocenters. The van der Waals surface area contributed by atoms with Crippen molar-refractivity contribution in [2.75, 3.05) is 18.4 Å². The maximum Gasteiger partial charge on any atom is 0.258 e. The maximum absolute atomic E-state index is 12.9. The van der Waals surface area contributed by atoms with Crippen LogP contribution in [0, 0.1) is 0 Å². The van der Waals surface area contributed by atoms with Crippen LogP contribution in [0.1, 0.15) is 29.6 Å². The third-order valence-corrected chi connectivity index (χ3v) is 5.98. The Morgan fingerprint density at radius 1 is 1.12 bits per heavy atom. The first-order chi connectivity index (χ1) is 11.5. The molecule has 0 radical (unpaired) electrons. The molecule has 128 valence electrons. The minimum atomic E-state index is -3.68. The summed E-state index contributed by atoms with van der Waals surface area (Å²) in [7, 11) is -1.94. The number of aryl methyl sites for hydroxylation is 1. The second-order valence-corrected chi connectivity index (χ2v) is 7.70. The number of hydrogen-bond acceptors (Lipinski definition) is 4. The molecule has 1 amide bonds. The van der Waals surface area contributed by atoms with Gasteiger partial charge in [0.2, 0.25) is 10.0 Å². The molecule has 1 saturated heterocycles. The van der Waals surface area contributed by atoms with Crippen LogP contribution in [0.2, 0.25) is 0 Å². The summed E-state index contributed by atoms with van der Waals surface area (Å²) in [6.07, 6.45) is 4.43. The van der Waals surface area contributed by atoms with E-state index in [0.717, 1.165) is 19.3 Å². The molecule has 2 heterocycles. The molecular formula is C16H20N4O3S. The number of aromatic nitrogens is 2. The molecule has 7 nitrogen and oxygen atoms in total. The van der Waals surface area contributed by atoms with Crippen molar-refractivity contribution in [1.82, 2.24) is 14.1 Å². The fourth-order valence-corrected chi connectivity index (χ4v) is 4.50. The van der Waals surface area contributed by atoms with Gasteiger partial charge in [0.1, 0.15) is 0 Å². The first-order valence-electron chi connectivity index (χ1n) is 7.88. The van der Waals surface area contributed by atoms with E-state index in [2.05, 4.69) is 10.4 Å². The van der Waals surface area contributed by atoms with Crippen molar-refractivity contribution >= 4 is 21.7 Å². The second-order valence-electron chi connectivity index (χ2n) is 5.79. The van der Waals surface area contributed by atoms with Gasteiger partial charge in [0, 0.05) is 32.4 Å². The average Bonchev–Trinajstić information content (AvgIpc) is 3.00. The molecule has 0 aliphatic carbocycles. The number of rotatable bonds is 4. The van der Waals surface area contributed by atoms with E-state index in [0.29, 0.717) is 18.9 Å². The SMILES string of the molecule is Cn1ccc(NC(=O)c2ccccc2S(=O)(=O)N2CCCCC2)n1. The van der Waals surface area contributed by atoms with Gasteiger partial charge in [-0.15, -0.1) is 0 Å². The van der Waals surface area contributed by atoms with Crippen LogP contribution in [0.25, 0.3) is 0 Å². The quantitative estimate of drug-likeness (QED) is 0.914.